The Morgan fingerprint density at radius 1 is 0.918 bits per heavy atom. The van der Waals surface area contributed by atoms with E-state index in [1.165, 1.54) is 18.2 Å². The summed E-state index contributed by atoms with van der Waals surface area (Å²) in [5, 5.41) is 12.3. The fourth-order valence-electron chi connectivity index (χ4n) is 7.59. The normalized spacial score (nSPS) is 26.0. The van der Waals surface area contributed by atoms with Gasteiger partial charge in [-0.3, -0.25) is 4.90 Å². The molecule has 1 saturated carbocycles. The van der Waals surface area contributed by atoms with E-state index in [4.69, 9.17) is 4.74 Å². The monoisotopic (exact) mass is 801 g/mol. The van der Waals surface area contributed by atoms with Gasteiger partial charge in [0.15, 0.2) is 9.84 Å². The fourth-order valence-corrected chi connectivity index (χ4v) is 10.6. The van der Waals surface area contributed by atoms with Gasteiger partial charge in [-0.05, 0) is 102 Å². The molecule has 4 aromatic rings. The van der Waals surface area contributed by atoms with E-state index >= 15 is 0 Å². The Labute approximate surface area is 297 Å². The summed E-state index contributed by atoms with van der Waals surface area (Å²) in [5.41, 5.74) is -0.782. The number of alkyl halides is 3. The van der Waals surface area contributed by atoms with E-state index in [2.05, 4.69) is 9.64 Å². The number of aliphatic hydroxyl groups is 1. The summed E-state index contributed by atoms with van der Waals surface area (Å²) < 4.78 is 79.6. The lowest BCUT2D eigenvalue weighted by atomic mass is 9.68. The molecule has 4 atom stereocenters. The minimum absolute atomic E-state index is 0.0355. The van der Waals surface area contributed by atoms with Gasteiger partial charge in [0.2, 0.25) is 0 Å². The summed E-state index contributed by atoms with van der Waals surface area (Å²) >= 11 is 2.04. The summed E-state index contributed by atoms with van der Waals surface area (Å²) in [6, 6.07) is 31.2. The second kappa shape index (κ2) is 13.1. The van der Waals surface area contributed by atoms with Gasteiger partial charge in [-0.1, -0.05) is 78.9 Å². The predicted molar refractivity (Wildman–Crippen MR) is 189 cm³/mol. The third-order valence-corrected chi connectivity index (χ3v) is 13.0. The molecule has 11 heteroatoms. The average Bonchev–Trinajstić information content (AvgIpc) is 3.86. The zero-order chi connectivity index (χ0) is 34.4. The smallest absolute Gasteiger partial charge is 0.490 e. The maximum atomic E-state index is 14.5. The van der Waals surface area contributed by atoms with Crippen molar-refractivity contribution in [3.63, 3.8) is 0 Å². The predicted octanol–water partition coefficient (Wildman–Crippen LogP) is 8.44. The zero-order valence-corrected chi connectivity index (χ0v) is 29.4. The van der Waals surface area contributed by atoms with Crippen LogP contribution in [0.2, 0.25) is 0 Å². The lowest BCUT2D eigenvalue weighted by Crippen LogP contribution is -2.62. The van der Waals surface area contributed by atoms with Crippen LogP contribution in [0.1, 0.15) is 48.8 Å². The highest BCUT2D eigenvalue weighted by Gasteiger charge is 2.67. The van der Waals surface area contributed by atoms with Gasteiger partial charge in [0.05, 0.1) is 21.8 Å². The molecule has 0 radical (unpaired) electrons. The van der Waals surface area contributed by atoms with Crippen LogP contribution in [0.15, 0.2) is 120 Å². The van der Waals surface area contributed by atoms with Crippen molar-refractivity contribution in [2.45, 2.75) is 78.4 Å². The molecule has 0 unspecified atom stereocenters. The highest BCUT2D eigenvalue weighted by atomic mass is 127. The Balaban J connectivity index is 1.40. The van der Waals surface area contributed by atoms with Crippen molar-refractivity contribution in [1.82, 2.24) is 4.90 Å². The number of hydrogen-bond acceptors (Lipinski definition) is 6. The Hall–Kier alpha value is -3.39. The molecule has 2 aliphatic heterocycles. The van der Waals surface area contributed by atoms with Gasteiger partial charge >= 0.3 is 6.36 Å². The topological polar surface area (TPSA) is 76.1 Å². The van der Waals surface area contributed by atoms with Crippen molar-refractivity contribution in [3.05, 3.63) is 132 Å². The molecule has 49 heavy (non-hydrogen) atoms. The SMILES string of the molecule is O=S(=O)(c1ccccc1)[C@@H]1C[C@]2(c3ccccc3)N(Cc3ccccc3)[C@H]1CC[C@@]2(O)/C=C(\I)c1cc(OC(F)(F)F)ccc1OC1CC1. The minimum Gasteiger partial charge on any atom is -0.490 e. The van der Waals surface area contributed by atoms with E-state index < -0.39 is 44.4 Å². The molecule has 6 nitrogen and oxygen atoms in total. The van der Waals surface area contributed by atoms with Gasteiger partial charge in [0.1, 0.15) is 17.1 Å². The third-order valence-electron chi connectivity index (χ3n) is 9.90. The Morgan fingerprint density at radius 2 is 1.55 bits per heavy atom. The Morgan fingerprint density at radius 3 is 2.18 bits per heavy atom. The Kier molecular flexibility index (Phi) is 9.08. The molecule has 2 heterocycles. The summed E-state index contributed by atoms with van der Waals surface area (Å²) in [4.78, 5) is 2.38. The zero-order valence-electron chi connectivity index (χ0n) is 26.4. The molecule has 7 rings (SSSR count). The van der Waals surface area contributed by atoms with Gasteiger partial charge < -0.3 is 14.6 Å². The Bertz CT molecular complexity index is 1940. The van der Waals surface area contributed by atoms with Crippen LogP contribution in [-0.4, -0.2) is 47.8 Å². The van der Waals surface area contributed by atoms with E-state index in [1.807, 2.05) is 83.3 Å². The highest BCUT2D eigenvalue weighted by molar-refractivity contribution is 14.1. The van der Waals surface area contributed by atoms with E-state index in [0.717, 1.165) is 24.0 Å². The summed E-state index contributed by atoms with van der Waals surface area (Å²) in [5.74, 6) is -0.0110. The first-order valence-electron chi connectivity index (χ1n) is 16.2. The van der Waals surface area contributed by atoms with Gasteiger partial charge in [-0.15, -0.1) is 13.2 Å². The van der Waals surface area contributed by atoms with E-state index in [1.54, 1.807) is 36.4 Å². The molecule has 3 aliphatic rings. The molecule has 2 saturated heterocycles. The number of sulfone groups is 1. The fraction of sp³-hybridized carbons (Fsp3) is 0.316. The highest BCUT2D eigenvalue weighted by Crippen LogP contribution is 2.59. The number of piperidine rings is 1. The molecule has 4 aromatic carbocycles. The first-order chi connectivity index (χ1) is 23.4. The van der Waals surface area contributed by atoms with E-state index in [9.17, 15) is 26.7 Å². The number of rotatable bonds is 10. The number of ether oxygens (including phenoxy) is 2. The van der Waals surface area contributed by atoms with Gasteiger partial charge in [0.25, 0.3) is 0 Å². The molecule has 1 aliphatic carbocycles. The molecule has 2 bridgehead atoms. The van der Waals surface area contributed by atoms with Crippen LogP contribution in [0.5, 0.6) is 11.5 Å². The maximum absolute atomic E-state index is 14.5. The van der Waals surface area contributed by atoms with Gasteiger partial charge in [-0.25, -0.2) is 8.42 Å². The third kappa shape index (κ3) is 6.62. The van der Waals surface area contributed by atoms with Gasteiger partial charge in [-0.2, -0.15) is 0 Å². The molecule has 1 N–H and O–H groups in total. The van der Waals surface area contributed by atoms with Crippen LogP contribution in [0.25, 0.3) is 3.58 Å². The van der Waals surface area contributed by atoms with Crippen molar-refractivity contribution in [1.29, 1.82) is 0 Å². The summed E-state index contributed by atoms with van der Waals surface area (Å²) in [7, 11) is -3.85. The lowest BCUT2D eigenvalue weighted by Gasteiger charge is -2.54. The van der Waals surface area contributed by atoms with Crippen LogP contribution >= 0.6 is 22.6 Å². The van der Waals surface area contributed by atoms with Crippen molar-refractivity contribution in [2.75, 3.05) is 0 Å². The van der Waals surface area contributed by atoms with Crippen LogP contribution in [0.4, 0.5) is 13.2 Å². The molecule has 256 valence electrons. The van der Waals surface area contributed by atoms with Crippen LogP contribution in [-0.2, 0) is 21.9 Å². The van der Waals surface area contributed by atoms with Crippen LogP contribution in [0, 0.1) is 0 Å². The van der Waals surface area contributed by atoms with Crippen molar-refractivity contribution in [2.24, 2.45) is 0 Å². The standard InChI is InChI=1S/C38H35F3INO5S/c39-38(40,41)48-29-18-19-34(47-28-16-17-28)31(22-29)32(42)23-36(44)21-20-33-35(49(45,46)30-14-8-3-9-15-30)24-37(36,27-12-6-2-7-13-27)43(33)25-26-10-4-1-5-11-26/h1-15,18-19,22-23,28,33,35,44H,16-17,20-21,24-25H2/b32-23-/t33-,35+,36+,37+/m0/s1. The molecule has 0 spiro atoms. The second-order valence-electron chi connectivity index (χ2n) is 13.0. The van der Waals surface area contributed by atoms with Gasteiger partial charge in [0, 0.05) is 21.7 Å². The summed E-state index contributed by atoms with van der Waals surface area (Å²) in [6.45, 7) is 0.374. The van der Waals surface area contributed by atoms with Crippen molar-refractivity contribution >= 4 is 36.0 Å². The maximum Gasteiger partial charge on any atom is 0.573 e. The molecular formula is C38H35F3INO5S. The second-order valence-corrected chi connectivity index (χ2v) is 16.3. The number of benzene rings is 4. The molecule has 0 amide bonds. The minimum atomic E-state index is -4.89. The largest absolute Gasteiger partial charge is 0.573 e. The van der Waals surface area contributed by atoms with Crippen LogP contribution in [0.3, 0.4) is 0 Å². The lowest BCUT2D eigenvalue weighted by molar-refractivity contribution is -0.274. The first-order valence-corrected chi connectivity index (χ1v) is 18.8. The molecular weight excluding hydrogens is 766 g/mol. The van der Waals surface area contributed by atoms with E-state index in [-0.39, 0.29) is 23.8 Å². The number of hydrogen-bond donors (Lipinski definition) is 1. The van der Waals surface area contributed by atoms with Crippen molar-refractivity contribution in [3.8, 4) is 11.5 Å². The number of fused-ring (bicyclic) bond motifs is 2. The average molecular weight is 802 g/mol. The first kappa shape index (κ1) is 34.1. The number of nitrogens with zero attached hydrogens (tertiary/aromatic N) is 1. The van der Waals surface area contributed by atoms with E-state index in [0.29, 0.717) is 27.9 Å². The molecule has 3 fully saturated rings. The quantitative estimate of drug-likeness (QED) is 0.163. The summed E-state index contributed by atoms with van der Waals surface area (Å²) in [6.07, 6.45) is -0.847. The van der Waals surface area contributed by atoms with Crippen LogP contribution < -0.4 is 9.47 Å². The number of halogens is 4. The molecule has 0 aromatic heterocycles. The van der Waals surface area contributed by atoms with Crippen molar-refractivity contribution < 1.29 is 36.2 Å².